The summed E-state index contributed by atoms with van der Waals surface area (Å²) in [6.07, 6.45) is 2.63. The highest BCUT2D eigenvalue weighted by Gasteiger charge is 2.35. The Morgan fingerprint density at radius 2 is 2.33 bits per heavy atom. The fraction of sp³-hybridized carbons (Fsp3) is 0.500. The SMILES string of the molecule is CC(C)Cc1nnc(NC(=O)C2CC(=O)N(Cc3ccco3)C2)s1. The maximum absolute atomic E-state index is 12.4. The van der Waals surface area contributed by atoms with Gasteiger partial charge in [-0.1, -0.05) is 25.2 Å². The fourth-order valence-electron chi connectivity index (χ4n) is 2.63. The Bertz CT molecular complexity index is 711. The first-order valence-corrected chi connectivity index (χ1v) is 8.76. The molecular formula is C16H20N4O3S. The van der Waals surface area contributed by atoms with E-state index in [1.54, 1.807) is 17.2 Å². The molecule has 3 rings (SSSR count). The third-order valence-corrected chi connectivity index (χ3v) is 4.65. The van der Waals surface area contributed by atoms with Gasteiger partial charge in [0.15, 0.2) is 0 Å². The van der Waals surface area contributed by atoms with E-state index < -0.39 is 0 Å². The van der Waals surface area contributed by atoms with Gasteiger partial charge in [-0.05, 0) is 18.1 Å². The van der Waals surface area contributed by atoms with E-state index in [9.17, 15) is 9.59 Å². The van der Waals surface area contributed by atoms with Crippen molar-refractivity contribution in [1.82, 2.24) is 15.1 Å². The summed E-state index contributed by atoms with van der Waals surface area (Å²) in [6, 6.07) is 3.60. The zero-order chi connectivity index (χ0) is 17.1. The Hall–Kier alpha value is -2.22. The van der Waals surface area contributed by atoms with Crippen LogP contribution in [-0.4, -0.2) is 33.5 Å². The highest BCUT2D eigenvalue weighted by Crippen LogP contribution is 2.24. The predicted molar refractivity (Wildman–Crippen MR) is 89.3 cm³/mol. The van der Waals surface area contributed by atoms with Crippen LogP contribution in [-0.2, 0) is 22.6 Å². The topological polar surface area (TPSA) is 88.3 Å². The Morgan fingerprint density at radius 3 is 3.04 bits per heavy atom. The summed E-state index contributed by atoms with van der Waals surface area (Å²) in [5.74, 6) is 0.614. The molecule has 1 unspecified atom stereocenters. The van der Waals surface area contributed by atoms with Crippen molar-refractivity contribution in [1.29, 1.82) is 0 Å². The second-order valence-corrected chi connectivity index (χ2v) is 7.40. The summed E-state index contributed by atoms with van der Waals surface area (Å²) in [4.78, 5) is 26.1. The fourth-order valence-corrected chi connectivity index (χ4v) is 3.59. The summed E-state index contributed by atoms with van der Waals surface area (Å²) >= 11 is 1.39. The summed E-state index contributed by atoms with van der Waals surface area (Å²) < 4.78 is 5.26. The number of aromatic nitrogens is 2. The van der Waals surface area contributed by atoms with Gasteiger partial charge in [-0.3, -0.25) is 9.59 Å². The molecule has 1 atom stereocenters. The minimum atomic E-state index is -0.370. The molecular weight excluding hydrogens is 328 g/mol. The highest BCUT2D eigenvalue weighted by molar-refractivity contribution is 7.15. The van der Waals surface area contributed by atoms with Gasteiger partial charge < -0.3 is 14.6 Å². The van der Waals surface area contributed by atoms with Gasteiger partial charge in [-0.15, -0.1) is 10.2 Å². The zero-order valence-corrected chi connectivity index (χ0v) is 14.5. The number of likely N-dealkylation sites (tertiary alicyclic amines) is 1. The molecule has 0 aliphatic carbocycles. The molecule has 0 spiro atoms. The van der Waals surface area contributed by atoms with Crippen LogP contribution in [0, 0.1) is 11.8 Å². The number of carbonyl (C=O) groups is 2. The molecule has 1 fully saturated rings. The molecule has 1 aliphatic rings. The van der Waals surface area contributed by atoms with Crippen molar-refractivity contribution in [3.63, 3.8) is 0 Å². The van der Waals surface area contributed by atoms with Gasteiger partial charge in [0.2, 0.25) is 16.9 Å². The normalized spacial score (nSPS) is 17.7. The third-order valence-electron chi connectivity index (χ3n) is 3.79. The molecule has 1 N–H and O–H groups in total. The summed E-state index contributed by atoms with van der Waals surface area (Å²) in [5, 5.41) is 12.3. The Kier molecular flexibility index (Phi) is 4.94. The highest BCUT2D eigenvalue weighted by atomic mass is 32.1. The molecule has 0 aromatic carbocycles. The number of carbonyl (C=O) groups excluding carboxylic acids is 2. The quantitative estimate of drug-likeness (QED) is 0.865. The van der Waals surface area contributed by atoms with Gasteiger partial charge in [0.1, 0.15) is 10.8 Å². The van der Waals surface area contributed by atoms with E-state index in [1.165, 1.54) is 11.3 Å². The molecule has 7 nitrogen and oxygen atoms in total. The molecule has 2 amide bonds. The summed E-state index contributed by atoms with van der Waals surface area (Å²) in [5.41, 5.74) is 0. The second kappa shape index (κ2) is 7.12. The van der Waals surface area contributed by atoms with Crippen LogP contribution in [0.1, 0.15) is 31.0 Å². The molecule has 8 heteroatoms. The first-order chi connectivity index (χ1) is 11.5. The van der Waals surface area contributed by atoms with Gasteiger partial charge in [0.05, 0.1) is 18.7 Å². The van der Waals surface area contributed by atoms with Gasteiger partial charge in [0.25, 0.3) is 0 Å². The molecule has 2 aromatic rings. The molecule has 0 radical (unpaired) electrons. The van der Waals surface area contributed by atoms with Gasteiger partial charge in [-0.25, -0.2) is 0 Å². The first kappa shape index (κ1) is 16.6. The van der Waals surface area contributed by atoms with Crippen molar-refractivity contribution in [2.75, 3.05) is 11.9 Å². The van der Waals surface area contributed by atoms with Crippen LogP contribution < -0.4 is 5.32 Å². The van der Waals surface area contributed by atoms with Gasteiger partial charge in [-0.2, -0.15) is 0 Å². The van der Waals surface area contributed by atoms with E-state index in [2.05, 4.69) is 29.4 Å². The summed E-state index contributed by atoms with van der Waals surface area (Å²) in [6.45, 7) is 5.00. The number of hydrogen-bond donors (Lipinski definition) is 1. The Morgan fingerprint density at radius 1 is 1.50 bits per heavy atom. The maximum atomic E-state index is 12.4. The van der Waals surface area contributed by atoms with Crippen molar-refractivity contribution in [2.24, 2.45) is 11.8 Å². The average Bonchev–Trinajstić information content (AvgIpc) is 3.23. The number of anilines is 1. The molecule has 128 valence electrons. The zero-order valence-electron chi connectivity index (χ0n) is 13.7. The molecule has 3 heterocycles. The van der Waals surface area contributed by atoms with Crippen LogP contribution in [0.3, 0.4) is 0 Å². The lowest BCUT2D eigenvalue weighted by Gasteiger charge is -2.14. The first-order valence-electron chi connectivity index (χ1n) is 7.94. The van der Waals surface area contributed by atoms with Crippen LogP contribution in [0.2, 0.25) is 0 Å². The Labute approximate surface area is 144 Å². The maximum Gasteiger partial charge on any atom is 0.231 e. The second-order valence-electron chi connectivity index (χ2n) is 6.34. The Balaban J connectivity index is 1.55. The van der Waals surface area contributed by atoms with Crippen molar-refractivity contribution >= 4 is 28.3 Å². The van der Waals surface area contributed by atoms with E-state index in [-0.39, 0.29) is 24.2 Å². The van der Waals surface area contributed by atoms with Crippen LogP contribution in [0.4, 0.5) is 5.13 Å². The van der Waals surface area contributed by atoms with E-state index in [4.69, 9.17) is 4.42 Å². The minimum Gasteiger partial charge on any atom is -0.467 e. The van der Waals surface area contributed by atoms with Crippen LogP contribution >= 0.6 is 11.3 Å². The smallest absolute Gasteiger partial charge is 0.231 e. The van der Waals surface area contributed by atoms with E-state index in [1.807, 2.05) is 6.07 Å². The number of nitrogens with one attached hydrogen (secondary N) is 1. The third kappa shape index (κ3) is 4.00. The molecule has 2 aromatic heterocycles. The monoisotopic (exact) mass is 348 g/mol. The van der Waals surface area contributed by atoms with Crippen LogP contribution in [0.25, 0.3) is 0 Å². The van der Waals surface area contributed by atoms with Gasteiger partial charge >= 0.3 is 0 Å². The molecule has 0 bridgehead atoms. The number of rotatable bonds is 6. The lowest BCUT2D eigenvalue weighted by atomic mass is 10.1. The lowest BCUT2D eigenvalue weighted by Crippen LogP contribution is -2.27. The predicted octanol–water partition coefficient (Wildman–Crippen LogP) is 2.32. The van der Waals surface area contributed by atoms with Crippen LogP contribution in [0.15, 0.2) is 22.8 Å². The van der Waals surface area contributed by atoms with Crippen molar-refractivity contribution in [2.45, 2.75) is 33.2 Å². The number of hydrogen-bond acceptors (Lipinski definition) is 6. The van der Waals surface area contributed by atoms with Gasteiger partial charge in [0, 0.05) is 19.4 Å². The standard InChI is InChI=1S/C16H20N4O3S/c1-10(2)6-13-18-19-16(24-13)17-15(22)11-7-14(21)20(8-11)9-12-4-3-5-23-12/h3-5,10-11H,6-9H2,1-2H3,(H,17,19,22). The lowest BCUT2D eigenvalue weighted by molar-refractivity contribution is -0.128. The average molecular weight is 348 g/mol. The van der Waals surface area contributed by atoms with E-state index >= 15 is 0 Å². The number of furan rings is 1. The van der Waals surface area contributed by atoms with Crippen molar-refractivity contribution in [3.8, 4) is 0 Å². The van der Waals surface area contributed by atoms with E-state index in [0.717, 1.165) is 11.4 Å². The van der Waals surface area contributed by atoms with E-state index in [0.29, 0.717) is 29.9 Å². The van der Waals surface area contributed by atoms with Crippen molar-refractivity contribution < 1.29 is 14.0 Å². The number of amides is 2. The molecule has 1 aliphatic heterocycles. The van der Waals surface area contributed by atoms with Crippen LogP contribution in [0.5, 0.6) is 0 Å². The van der Waals surface area contributed by atoms with Crippen molar-refractivity contribution in [3.05, 3.63) is 29.2 Å². The largest absolute Gasteiger partial charge is 0.467 e. The minimum absolute atomic E-state index is 0.0377. The molecule has 24 heavy (non-hydrogen) atoms. The summed E-state index contributed by atoms with van der Waals surface area (Å²) in [7, 11) is 0. The molecule has 0 saturated carbocycles. The molecule has 1 saturated heterocycles. The number of nitrogens with zero attached hydrogens (tertiary/aromatic N) is 3.